The molecule has 17 heavy (non-hydrogen) atoms. The van der Waals surface area contributed by atoms with Crippen LogP contribution in [0.3, 0.4) is 0 Å². The highest BCUT2D eigenvalue weighted by Gasteiger charge is 2.17. The minimum Gasteiger partial charge on any atom is -0.390 e. The van der Waals surface area contributed by atoms with Crippen LogP contribution in [0.1, 0.15) is 11.1 Å². The van der Waals surface area contributed by atoms with Gasteiger partial charge in [0.15, 0.2) is 0 Å². The molecule has 0 spiro atoms. The van der Waals surface area contributed by atoms with Gasteiger partial charge in [-0.15, -0.1) is 0 Å². The molecule has 5 N–H and O–H groups in total. The summed E-state index contributed by atoms with van der Waals surface area (Å²) in [5, 5.41) is 15.2. The molecule has 1 aliphatic rings. The normalized spacial score (nSPS) is 15.5. The van der Waals surface area contributed by atoms with Crippen LogP contribution in [0.25, 0.3) is 0 Å². The Balaban J connectivity index is 1.90. The standard InChI is InChI=1S/C12H17N3O2/c13-5-10(16)7-14-6-8-1-2-11-9(3-8)4-12(17)15-11/h1-3,10,14,16H,4-7,13H2,(H,15,17). The van der Waals surface area contributed by atoms with Crippen molar-refractivity contribution >= 4 is 11.6 Å². The summed E-state index contributed by atoms with van der Waals surface area (Å²) >= 11 is 0. The van der Waals surface area contributed by atoms with E-state index in [9.17, 15) is 9.90 Å². The molecule has 5 nitrogen and oxygen atoms in total. The summed E-state index contributed by atoms with van der Waals surface area (Å²) in [6, 6.07) is 5.89. The maximum atomic E-state index is 11.2. The summed E-state index contributed by atoms with van der Waals surface area (Å²) in [5.41, 5.74) is 8.35. The van der Waals surface area contributed by atoms with Crippen molar-refractivity contribution in [1.29, 1.82) is 0 Å². The summed E-state index contributed by atoms with van der Waals surface area (Å²) in [7, 11) is 0. The molecule has 0 radical (unpaired) electrons. The Morgan fingerprint density at radius 1 is 1.53 bits per heavy atom. The van der Waals surface area contributed by atoms with Gasteiger partial charge in [0.2, 0.25) is 5.91 Å². The van der Waals surface area contributed by atoms with Crippen LogP contribution < -0.4 is 16.4 Å². The topological polar surface area (TPSA) is 87.4 Å². The zero-order chi connectivity index (χ0) is 12.3. The van der Waals surface area contributed by atoms with E-state index < -0.39 is 6.10 Å². The van der Waals surface area contributed by atoms with Gasteiger partial charge in [0.1, 0.15) is 0 Å². The zero-order valence-corrected chi connectivity index (χ0v) is 9.57. The number of aliphatic hydroxyl groups is 1. The van der Waals surface area contributed by atoms with Crippen molar-refractivity contribution in [2.24, 2.45) is 5.73 Å². The number of nitrogens with two attached hydrogens (primary N) is 1. The van der Waals surface area contributed by atoms with E-state index in [-0.39, 0.29) is 12.5 Å². The highest BCUT2D eigenvalue weighted by atomic mass is 16.3. The van der Waals surface area contributed by atoms with Crippen molar-refractivity contribution in [3.63, 3.8) is 0 Å². The van der Waals surface area contributed by atoms with Crippen molar-refractivity contribution < 1.29 is 9.90 Å². The minimum absolute atomic E-state index is 0.0451. The average Bonchev–Trinajstić information content (AvgIpc) is 2.68. The van der Waals surface area contributed by atoms with E-state index in [4.69, 9.17) is 5.73 Å². The Labute approximate surface area is 100 Å². The van der Waals surface area contributed by atoms with Crippen LogP contribution in [0.5, 0.6) is 0 Å². The molecule has 0 fully saturated rings. The SMILES string of the molecule is NCC(O)CNCc1ccc2c(c1)CC(=O)N2. The van der Waals surface area contributed by atoms with Gasteiger partial charge in [-0.25, -0.2) is 0 Å². The van der Waals surface area contributed by atoms with Gasteiger partial charge in [0.25, 0.3) is 0 Å². The molecule has 0 saturated carbocycles. The monoisotopic (exact) mass is 235 g/mol. The van der Waals surface area contributed by atoms with E-state index in [1.807, 2.05) is 18.2 Å². The average molecular weight is 235 g/mol. The summed E-state index contributed by atoms with van der Waals surface area (Å²) in [6.45, 7) is 1.40. The van der Waals surface area contributed by atoms with E-state index >= 15 is 0 Å². The maximum Gasteiger partial charge on any atom is 0.228 e. The van der Waals surface area contributed by atoms with Gasteiger partial charge >= 0.3 is 0 Å². The molecule has 1 amide bonds. The molecule has 5 heteroatoms. The van der Waals surface area contributed by atoms with E-state index in [1.54, 1.807) is 0 Å². The predicted octanol–water partition coefficient (Wildman–Crippen LogP) is -0.410. The molecule has 1 heterocycles. The van der Waals surface area contributed by atoms with Gasteiger partial charge in [-0.2, -0.15) is 0 Å². The van der Waals surface area contributed by atoms with Crippen molar-refractivity contribution in [3.05, 3.63) is 29.3 Å². The molecule has 1 aliphatic heterocycles. The number of fused-ring (bicyclic) bond motifs is 1. The molecule has 1 atom stereocenters. The second-order valence-corrected chi connectivity index (χ2v) is 4.24. The summed E-state index contributed by atoms with van der Waals surface area (Å²) in [6.07, 6.45) is -0.0538. The lowest BCUT2D eigenvalue weighted by Gasteiger charge is -2.10. The first-order valence-corrected chi connectivity index (χ1v) is 5.69. The fourth-order valence-electron chi connectivity index (χ4n) is 1.86. The number of nitrogens with one attached hydrogen (secondary N) is 2. The molecule has 92 valence electrons. The second kappa shape index (κ2) is 5.27. The smallest absolute Gasteiger partial charge is 0.228 e. The summed E-state index contributed by atoms with van der Waals surface area (Å²) < 4.78 is 0. The van der Waals surface area contributed by atoms with Crippen LogP contribution in [0.2, 0.25) is 0 Å². The molecule has 1 unspecified atom stereocenters. The van der Waals surface area contributed by atoms with Gasteiger partial charge in [-0.05, 0) is 17.2 Å². The van der Waals surface area contributed by atoms with Gasteiger partial charge in [-0.1, -0.05) is 12.1 Å². The number of aliphatic hydroxyl groups excluding tert-OH is 1. The van der Waals surface area contributed by atoms with Crippen LogP contribution in [0.4, 0.5) is 5.69 Å². The fourth-order valence-corrected chi connectivity index (χ4v) is 1.86. The van der Waals surface area contributed by atoms with Crippen LogP contribution in [-0.2, 0) is 17.8 Å². The third-order valence-electron chi connectivity index (χ3n) is 2.78. The number of benzene rings is 1. The molecule has 0 bridgehead atoms. The molecule has 2 rings (SSSR count). The number of carbonyl (C=O) groups is 1. The van der Waals surface area contributed by atoms with Crippen molar-refractivity contribution in [2.45, 2.75) is 19.1 Å². The molecular formula is C12H17N3O2. The van der Waals surface area contributed by atoms with Crippen molar-refractivity contribution in [3.8, 4) is 0 Å². The lowest BCUT2D eigenvalue weighted by molar-refractivity contribution is -0.115. The maximum absolute atomic E-state index is 11.2. The number of rotatable bonds is 5. The van der Waals surface area contributed by atoms with Gasteiger partial charge < -0.3 is 21.5 Å². The summed E-state index contributed by atoms with van der Waals surface area (Å²) in [4.78, 5) is 11.2. The number of hydrogen-bond acceptors (Lipinski definition) is 4. The zero-order valence-electron chi connectivity index (χ0n) is 9.57. The highest BCUT2D eigenvalue weighted by molar-refractivity contribution is 5.99. The lowest BCUT2D eigenvalue weighted by atomic mass is 10.1. The third kappa shape index (κ3) is 3.03. The lowest BCUT2D eigenvalue weighted by Crippen LogP contribution is -2.32. The van der Waals surface area contributed by atoms with Gasteiger partial charge in [0.05, 0.1) is 12.5 Å². The molecule has 0 aromatic heterocycles. The van der Waals surface area contributed by atoms with Crippen LogP contribution in [0.15, 0.2) is 18.2 Å². The Bertz CT molecular complexity index is 420. The van der Waals surface area contributed by atoms with Crippen molar-refractivity contribution in [2.75, 3.05) is 18.4 Å². The first kappa shape index (κ1) is 12.0. The highest BCUT2D eigenvalue weighted by Crippen LogP contribution is 2.23. The van der Waals surface area contributed by atoms with Crippen LogP contribution >= 0.6 is 0 Å². The number of anilines is 1. The first-order valence-electron chi connectivity index (χ1n) is 5.69. The van der Waals surface area contributed by atoms with Crippen LogP contribution in [-0.4, -0.2) is 30.2 Å². The van der Waals surface area contributed by atoms with E-state index in [1.165, 1.54) is 0 Å². The number of hydrogen-bond donors (Lipinski definition) is 4. The van der Waals surface area contributed by atoms with E-state index in [0.717, 1.165) is 16.8 Å². The Morgan fingerprint density at radius 3 is 3.12 bits per heavy atom. The Morgan fingerprint density at radius 2 is 2.35 bits per heavy atom. The van der Waals surface area contributed by atoms with E-state index in [0.29, 0.717) is 19.5 Å². The molecule has 0 saturated heterocycles. The molecule has 1 aromatic rings. The van der Waals surface area contributed by atoms with Gasteiger partial charge in [-0.3, -0.25) is 4.79 Å². The van der Waals surface area contributed by atoms with Crippen molar-refractivity contribution in [1.82, 2.24) is 5.32 Å². The minimum atomic E-state index is -0.507. The number of carbonyl (C=O) groups excluding carboxylic acids is 1. The fraction of sp³-hybridized carbons (Fsp3) is 0.417. The Kier molecular flexibility index (Phi) is 3.73. The molecular weight excluding hydrogens is 218 g/mol. The van der Waals surface area contributed by atoms with Gasteiger partial charge in [0, 0.05) is 25.3 Å². The summed E-state index contributed by atoms with van der Waals surface area (Å²) in [5.74, 6) is 0.0451. The first-order chi connectivity index (χ1) is 8.19. The number of amides is 1. The quantitative estimate of drug-likeness (QED) is 0.559. The van der Waals surface area contributed by atoms with E-state index in [2.05, 4.69) is 10.6 Å². The van der Waals surface area contributed by atoms with Crippen LogP contribution in [0, 0.1) is 0 Å². The Hall–Kier alpha value is -1.43. The third-order valence-corrected chi connectivity index (χ3v) is 2.78. The molecule has 1 aromatic carbocycles. The largest absolute Gasteiger partial charge is 0.390 e. The second-order valence-electron chi connectivity index (χ2n) is 4.24. The molecule has 0 aliphatic carbocycles. The predicted molar refractivity (Wildman–Crippen MR) is 65.5 cm³/mol.